The molecule has 0 aromatic rings. The van der Waals surface area contributed by atoms with Crippen LogP contribution in [0.3, 0.4) is 0 Å². The van der Waals surface area contributed by atoms with Crippen LogP contribution in [0.5, 0.6) is 0 Å². The maximum Gasteiger partial charge on any atom is 0.433 e. The fourth-order valence-electron chi connectivity index (χ4n) is 0.437. The van der Waals surface area contributed by atoms with Crippen LogP contribution in [0.25, 0.3) is 0 Å². The molecule has 0 aromatic carbocycles. The second-order valence-corrected chi connectivity index (χ2v) is 3.00. The molecule has 0 fully saturated rings. The zero-order valence-electron chi connectivity index (χ0n) is 5.68. The van der Waals surface area contributed by atoms with Gasteiger partial charge in [0.25, 0.3) is 5.67 Å². The minimum atomic E-state index is -5.90. The number of halogens is 8. The first kappa shape index (κ1) is 12.7. The molecule has 0 bridgehead atoms. The van der Waals surface area contributed by atoms with E-state index in [2.05, 4.69) is 0 Å². The predicted octanol–water partition coefficient (Wildman–Crippen LogP) is 3.73. The predicted molar refractivity (Wildman–Crippen MR) is 34.0 cm³/mol. The molecule has 0 aromatic heterocycles. The van der Waals surface area contributed by atoms with Gasteiger partial charge in [-0.1, -0.05) is 0 Å². The van der Waals surface area contributed by atoms with E-state index in [1.165, 1.54) is 15.9 Å². The van der Waals surface area contributed by atoms with E-state index in [1.54, 1.807) is 0 Å². The second kappa shape index (κ2) is 3.47. The van der Waals surface area contributed by atoms with Crippen molar-refractivity contribution in [1.29, 1.82) is 0 Å². The average molecular weight is 275 g/mol. The van der Waals surface area contributed by atoms with Gasteiger partial charge in [0.05, 0.1) is 6.33 Å². The molecule has 0 N–H and O–H groups in total. The van der Waals surface area contributed by atoms with Gasteiger partial charge in [-0.3, -0.25) is 0 Å². The Bertz CT molecular complexity index is 186. The lowest BCUT2D eigenvalue weighted by atomic mass is 10.1. The summed E-state index contributed by atoms with van der Waals surface area (Å²) in [7, 11) is 0. The summed E-state index contributed by atoms with van der Waals surface area (Å²) in [5.74, 6) is 0. The van der Waals surface area contributed by atoms with Crippen LogP contribution in [0.1, 0.15) is 0 Å². The molecule has 0 heterocycles. The second-order valence-electron chi connectivity index (χ2n) is 2.00. The van der Waals surface area contributed by atoms with E-state index in [9.17, 15) is 30.7 Å². The van der Waals surface area contributed by atoms with Crippen molar-refractivity contribution in [3.8, 4) is 0 Å². The number of rotatable bonds is 2. The lowest BCUT2D eigenvalue weighted by Crippen LogP contribution is -2.50. The van der Waals surface area contributed by atoms with Crippen molar-refractivity contribution in [2.24, 2.45) is 0 Å². The van der Waals surface area contributed by atoms with Crippen LogP contribution in [0.2, 0.25) is 0 Å². The van der Waals surface area contributed by atoms with E-state index in [1.807, 2.05) is 0 Å². The quantitative estimate of drug-likeness (QED) is 0.532. The molecule has 0 saturated carbocycles. The van der Waals surface area contributed by atoms with Crippen molar-refractivity contribution < 1.29 is 30.7 Å². The van der Waals surface area contributed by atoms with Crippen LogP contribution in [0.15, 0.2) is 12.4 Å². The Balaban J connectivity index is 5.21. The molecule has 0 saturated heterocycles. The monoisotopic (exact) mass is 274 g/mol. The summed E-state index contributed by atoms with van der Waals surface area (Å²) < 4.78 is 83.0. The Morgan fingerprint density at radius 2 is 1.31 bits per heavy atom. The van der Waals surface area contributed by atoms with Gasteiger partial charge in [-0.25, -0.2) is 8.78 Å². The molecule has 13 heavy (non-hydrogen) atoms. The van der Waals surface area contributed by atoms with Crippen molar-refractivity contribution >= 4 is 15.9 Å². The Labute approximate surface area is 76.5 Å². The smallest absolute Gasteiger partial charge is 0.221 e. The van der Waals surface area contributed by atoms with Gasteiger partial charge in [0.2, 0.25) is 0 Å². The minimum Gasteiger partial charge on any atom is -0.221 e. The maximum absolute atomic E-state index is 12.6. The van der Waals surface area contributed by atoms with Crippen LogP contribution < -0.4 is 0 Å². The van der Waals surface area contributed by atoms with E-state index >= 15 is 0 Å². The van der Waals surface area contributed by atoms with Crippen molar-refractivity contribution in [1.82, 2.24) is 0 Å². The highest BCUT2D eigenvalue weighted by Crippen LogP contribution is 2.49. The first-order valence-electron chi connectivity index (χ1n) is 2.66. The fraction of sp³-hybridized carbons (Fsp3) is 0.600. The summed E-state index contributed by atoms with van der Waals surface area (Å²) in [4.78, 5) is -4.92. The zero-order valence-corrected chi connectivity index (χ0v) is 7.26. The molecular formula is C5H2BrF7. The van der Waals surface area contributed by atoms with E-state index in [0.29, 0.717) is 0 Å². The molecule has 8 heteroatoms. The molecule has 0 rings (SSSR count). The van der Waals surface area contributed by atoms with Crippen LogP contribution in [0.4, 0.5) is 30.7 Å². The third-order valence-electron chi connectivity index (χ3n) is 1.12. The summed E-state index contributed by atoms with van der Waals surface area (Å²) in [5, 5.41) is 0. The third kappa shape index (κ3) is 2.35. The van der Waals surface area contributed by atoms with E-state index < -0.39 is 29.1 Å². The normalized spacial score (nSPS) is 19.1. The molecule has 0 aliphatic heterocycles. The first-order chi connectivity index (χ1) is 5.56. The fourth-order valence-corrected chi connectivity index (χ4v) is 0.793. The lowest BCUT2D eigenvalue weighted by Gasteiger charge is -2.28. The molecule has 0 spiro atoms. The van der Waals surface area contributed by atoms with Gasteiger partial charge in [-0.15, -0.1) is 0 Å². The van der Waals surface area contributed by atoms with Crippen LogP contribution >= 0.6 is 15.9 Å². The third-order valence-corrected chi connectivity index (χ3v) is 1.69. The van der Waals surface area contributed by atoms with Gasteiger partial charge in [0.15, 0.2) is 0 Å². The summed E-state index contributed by atoms with van der Waals surface area (Å²) in [5.41, 5.74) is -5.05. The van der Waals surface area contributed by atoms with Gasteiger partial charge < -0.3 is 0 Å². The first-order valence-corrected chi connectivity index (χ1v) is 3.46. The van der Waals surface area contributed by atoms with Crippen LogP contribution in [-0.4, -0.2) is 16.7 Å². The van der Waals surface area contributed by atoms with Gasteiger partial charge in [0, 0.05) is 0 Å². The highest BCUT2D eigenvalue weighted by Gasteiger charge is 2.69. The van der Waals surface area contributed by atoms with Crippen molar-refractivity contribution in [3.63, 3.8) is 0 Å². The van der Waals surface area contributed by atoms with Gasteiger partial charge in [-0.2, -0.15) is 22.0 Å². The van der Waals surface area contributed by atoms with Crippen molar-refractivity contribution in [2.45, 2.75) is 16.7 Å². The standard InChI is InChI=1S/C5H2BrF7/c6-4(9,10)3(8,1-2-7)5(11,12)13/h1-2H. The largest absolute Gasteiger partial charge is 0.433 e. The van der Waals surface area contributed by atoms with Crippen molar-refractivity contribution in [2.75, 3.05) is 0 Å². The zero-order chi connectivity index (χ0) is 10.9. The molecule has 0 amide bonds. The lowest BCUT2D eigenvalue weighted by molar-refractivity contribution is -0.255. The van der Waals surface area contributed by atoms with E-state index in [4.69, 9.17) is 0 Å². The Kier molecular flexibility index (Phi) is 3.40. The molecule has 0 nitrogen and oxygen atoms in total. The van der Waals surface area contributed by atoms with E-state index in [-0.39, 0.29) is 0 Å². The molecule has 0 aliphatic rings. The Morgan fingerprint density at radius 1 is 0.923 bits per heavy atom. The van der Waals surface area contributed by atoms with Gasteiger partial charge >= 0.3 is 11.0 Å². The highest BCUT2D eigenvalue weighted by atomic mass is 79.9. The number of alkyl halides is 7. The van der Waals surface area contributed by atoms with E-state index in [0.717, 1.165) is 0 Å². The summed E-state index contributed by atoms with van der Waals surface area (Å²) in [6, 6.07) is 0. The molecule has 1 unspecified atom stereocenters. The van der Waals surface area contributed by atoms with Crippen molar-refractivity contribution in [3.05, 3.63) is 12.4 Å². The SMILES string of the molecule is FC=CC(F)(C(F)(F)F)C(F)(F)Br. The summed E-state index contributed by atoms with van der Waals surface area (Å²) in [6.07, 6.45) is -7.73. The topological polar surface area (TPSA) is 0 Å². The molecule has 0 aliphatic carbocycles. The number of hydrogen-bond acceptors (Lipinski definition) is 0. The highest BCUT2D eigenvalue weighted by molar-refractivity contribution is 9.10. The Morgan fingerprint density at radius 3 is 1.38 bits per heavy atom. The van der Waals surface area contributed by atoms with Gasteiger partial charge in [-0.05, 0) is 22.0 Å². The van der Waals surface area contributed by atoms with Gasteiger partial charge in [0.1, 0.15) is 0 Å². The summed E-state index contributed by atoms with van der Waals surface area (Å²) >= 11 is 1.19. The van der Waals surface area contributed by atoms with Crippen LogP contribution in [-0.2, 0) is 0 Å². The number of allylic oxidation sites excluding steroid dienone is 1. The molecule has 78 valence electrons. The molecule has 0 radical (unpaired) electrons. The summed E-state index contributed by atoms with van der Waals surface area (Å²) in [6.45, 7) is 0. The average Bonchev–Trinajstić information content (AvgIpc) is 1.82. The van der Waals surface area contributed by atoms with Crippen LogP contribution in [0, 0.1) is 0 Å². The minimum absolute atomic E-state index is 0.901. The Hall–Kier alpha value is -0.270. The molecule has 1 atom stereocenters. The number of hydrogen-bond donors (Lipinski definition) is 0. The maximum atomic E-state index is 12.6. The molecular weight excluding hydrogens is 273 g/mol.